The Hall–Kier alpha value is -1.51. The van der Waals surface area contributed by atoms with Crippen molar-refractivity contribution in [2.24, 2.45) is 0 Å². The summed E-state index contributed by atoms with van der Waals surface area (Å²) >= 11 is 4.14. The van der Waals surface area contributed by atoms with Crippen LogP contribution < -0.4 is 4.90 Å². The number of hydrogen-bond acceptors (Lipinski definition) is 5. The second-order valence-electron chi connectivity index (χ2n) is 7.24. The van der Waals surface area contributed by atoms with Crippen molar-refractivity contribution in [3.63, 3.8) is 0 Å². The molecule has 1 fully saturated rings. The lowest BCUT2D eigenvalue weighted by Gasteiger charge is -2.39. The van der Waals surface area contributed by atoms with Crippen molar-refractivity contribution < 1.29 is 4.79 Å². The van der Waals surface area contributed by atoms with Gasteiger partial charge in [0.05, 0.1) is 10.2 Å². The molecule has 140 valence electrons. The lowest BCUT2D eigenvalue weighted by molar-refractivity contribution is 0.112. The van der Waals surface area contributed by atoms with Crippen molar-refractivity contribution >= 4 is 55.6 Å². The second kappa shape index (κ2) is 7.85. The topological polar surface area (TPSA) is 36.4 Å². The zero-order valence-electron chi connectivity index (χ0n) is 15.5. The number of aryl methyl sites for hydroxylation is 1. The minimum absolute atomic E-state index is 0.436. The zero-order valence-corrected chi connectivity index (χ0v) is 18.5. The van der Waals surface area contributed by atoms with E-state index in [1.165, 1.54) is 13.8 Å². The van der Waals surface area contributed by atoms with Crippen LogP contribution in [0, 0.1) is 10.5 Å². The normalized spacial score (nSPS) is 18.2. The van der Waals surface area contributed by atoms with Crippen LogP contribution in [0.3, 0.4) is 0 Å². The van der Waals surface area contributed by atoms with Crippen LogP contribution in [0.1, 0.15) is 28.4 Å². The summed E-state index contributed by atoms with van der Waals surface area (Å²) in [4.78, 5) is 20.9. The van der Waals surface area contributed by atoms with E-state index in [1.807, 2.05) is 19.1 Å². The number of carbonyl (C=O) groups excluding carboxylic acids is 1. The third kappa shape index (κ3) is 4.17. The van der Waals surface area contributed by atoms with Gasteiger partial charge < -0.3 is 4.90 Å². The van der Waals surface area contributed by atoms with Gasteiger partial charge in [-0.15, -0.1) is 0 Å². The number of thiazole rings is 1. The minimum atomic E-state index is 0.436. The number of halogens is 1. The molecular formula is C21H22IN3OS. The molecule has 0 unspecified atom stereocenters. The summed E-state index contributed by atoms with van der Waals surface area (Å²) in [5.41, 5.74) is 4.21. The Kier molecular flexibility index (Phi) is 5.48. The molecule has 1 aliphatic heterocycles. The number of benzene rings is 2. The fraction of sp³-hybridized carbons (Fsp3) is 0.333. The molecule has 2 heterocycles. The number of hydrogen-bond donors (Lipinski definition) is 0. The van der Waals surface area contributed by atoms with E-state index in [0.717, 1.165) is 54.2 Å². The number of carbonyl (C=O) groups is 1. The highest BCUT2D eigenvalue weighted by molar-refractivity contribution is 14.1. The quantitative estimate of drug-likeness (QED) is 0.391. The average molecular weight is 491 g/mol. The molecule has 2 aromatic carbocycles. The van der Waals surface area contributed by atoms with E-state index in [4.69, 9.17) is 4.98 Å². The molecule has 0 radical (unpaired) electrons. The Bertz CT molecular complexity index is 987. The molecule has 6 heteroatoms. The minimum Gasteiger partial charge on any atom is -0.345 e. The summed E-state index contributed by atoms with van der Waals surface area (Å²) < 4.78 is 2.51. The van der Waals surface area contributed by atoms with Crippen molar-refractivity contribution in [1.82, 2.24) is 9.88 Å². The van der Waals surface area contributed by atoms with Crippen LogP contribution in [0.4, 0.5) is 5.13 Å². The van der Waals surface area contributed by atoms with Crippen molar-refractivity contribution in [2.45, 2.75) is 26.4 Å². The van der Waals surface area contributed by atoms with Crippen LogP contribution in [-0.4, -0.2) is 41.8 Å². The Labute approximate surface area is 177 Å². The van der Waals surface area contributed by atoms with Crippen molar-refractivity contribution in [3.05, 3.63) is 56.7 Å². The highest BCUT2D eigenvalue weighted by atomic mass is 127. The predicted molar refractivity (Wildman–Crippen MR) is 121 cm³/mol. The molecule has 1 saturated heterocycles. The summed E-state index contributed by atoms with van der Waals surface area (Å²) in [6, 6.07) is 13.0. The van der Waals surface area contributed by atoms with Crippen LogP contribution in [0.15, 0.2) is 36.4 Å². The standard InChI is InChI=1S/C21H22IN3OS/c1-14-7-16(9-17(8-14)13-26)12-24-5-6-25(11-15(24)2)21-23-19-4-3-18(22)10-20(19)27-21/h3-4,7-10,13,15H,5-6,11-12H2,1-2H3/t15-/m0/s1. The molecule has 0 N–H and O–H groups in total. The molecule has 1 aromatic heterocycles. The lowest BCUT2D eigenvalue weighted by atomic mass is 10.1. The highest BCUT2D eigenvalue weighted by Gasteiger charge is 2.25. The summed E-state index contributed by atoms with van der Waals surface area (Å²) in [5.74, 6) is 0. The molecule has 4 rings (SSSR count). The summed E-state index contributed by atoms with van der Waals surface area (Å²) in [5, 5.41) is 1.12. The second-order valence-corrected chi connectivity index (χ2v) is 9.50. The number of nitrogens with zero attached hydrogens (tertiary/aromatic N) is 3. The molecule has 0 saturated carbocycles. The molecule has 0 bridgehead atoms. The maximum atomic E-state index is 11.1. The van der Waals surface area contributed by atoms with Gasteiger partial charge >= 0.3 is 0 Å². The molecule has 27 heavy (non-hydrogen) atoms. The van der Waals surface area contributed by atoms with Crippen molar-refractivity contribution in [2.75, 3.05) is 24.5 Å². The van der Waals surface area contributed by atoms with E-state index in [2.05, 4.69) is 63.6 Å². The molecular weight excluding hydrogens is 469 g/mol. The Morgan fingerprint density at radius 3 is 2.89 bits per heavy atom. The first-order valence-electron chi connectivity index (χ1n) is 9.12. The number of anilines is 1. The van der Waals surface area contributed by atoms with E-state index < -0.39 is 0 Å². The Balaban J connectivity index is 1.47. The van der Waals surface area contributed by atoms with E-state index >= 15 is 0 Å². The third-order valence-electron chi connectivity index (χ3n) is 5.06. The Morgan fingerprint density at radius 2 is 2.11 bits per heavy atom. The zero-order chi connectivity index (χ0) is 19.0. The molecule has 3 aromatic rings. The number of aldehydes is 1. The van der Waals surface area contributed by atoms with Gasteiger partial charge in [0.1, 0.15) is 6.29 Å². The van der Waals surface area contributed by atoms with E-state index in [1.54, 1.807) is 11.3 Å². The van der Waals surface area contributed by atoms with E-state index in [9.17, 15) is 4.79 Å². The highest BCUT2D eigenvalue weighted by Crippen LogP contribution is 2.31. The lowest BCUT2D eigenvalue weighted by Crippen LogP contribution is -2.51. The van der Waals surface area contributed by atoms with Gasteiger partial charge in [0.2, 0.25) is 0 Å². The average Bonchev–Trinajstić information content (AvgIpc) is 3.06. The van der Waals surface area contributed by atoms with Crippen LogP contribution in [-0.2, 0) is 6.54 Å². The van der Waals surface area contributed by atoms with Crippen LogP contribution in [0.25, 0.3) is 10.2 Å². The number of piperazine rings is 1. The largest absolute Gasteiger partial charge is 0.345 e. The van der Waals surface area contributed by atoms with Gasteiger partial charge in [0.25, 0.3) is 0 Å². The van der Waals surface area contributed by atoms with Crippen LogP contribution in [0.5, 0.6) is 0 Å². The smallest absolute Gasteiger partial charge is 0.186 e. The molecule has 0 amide bonds. The van der Waals surface area contributed by atoms with E-state index in [0.29, 0.717) is 6.04 Å². The predicted octanol–water partition coefficient (Wildman–Crippen LogP) is 4.73. The van der Waals surface area contributed by atoms with E-state index in [-0.39, 0.29) is 0 Å². The maximum Gasteiger partial charge on any atom is 0.186 e. The fourth-order valence-electron chi connectivity index (χ4n) is 3.71. The summed E-state index contributed by atoms with van der Waals surface area (Å²) in [6.45, 7) is 8.16. The first-order valence-corrected chi connectivity index (χ1v) is 11.0. The number of fused-ring (bicyclic) bond motifs is 1. The van der Waals surface area contributed by atoms with Crippen LogP contribution >= 0.6 is 33.9 Å². The van der Waals surface area contributed by atoms with Crippen LogP contribution in [0.2, 0.25) is 0 Å². The number of aromatic nitrogens is 1. The third-order valence-corrected chi connectivity index (χ3v) is 6.81. The van der Waals surface area contributed by atoms with Crippen molar-refractivity contribution in [1.29, 1.82) is 0 Å². The monoisotopic (exact) mass is 491 g/mol. The fourth-order valence-corrected chi connectivity index (χ4v) is 5.46. The first-order chi connectivity index (χ1) is 13.0. The van der Waals surface area contributed by atoms with Gasteiger partial charge in [0.15, 0.2) is 5.13 Å². The first kappa shape index (κ1) is 18.8. The summed E-state index contributed by atoms with van der Waals surface area (Å²) in [6.07, 6.45) is 0.937. The van der Waals surface area contributed by atoms with Crippen molar-refractivity contribution in [3.8, 4) is 0 Å². The molecule has 4 nitrogen and oxygen atoms in total. The van der Waals surface area contributed by atoms with Gasteiger partial charge in [-0.3, -0.25) is 9.69 Å². The van der Waals surface area contributed by atoms with Gasteiger partial charge in [-0.25, -0.2) is 4.98 Å². The maximum absolute atomic E-state index is 11.1. The Morgan fingerprint density at radius 1 is 1.26 bits per heavy atom. The molecule has 1 aliphatic rings. The SMILES string of the molecule is Cc1cc(C=O)cc(CN2CCN(c3nc4ccc(I)cc4s3)C[C@@H]2C)c1. The summed E-state index contributed by atoms with van der Waals surface area (Å²) in [7, 11) is 0. The molecule has 0 spiro atoms. The molecule has 0 aliphatic carbocycles. The molecule has 1 atom stereocenters. The van der Waals surface area contributed by atoms with Gasteiger partial charge in [-0.05, 0) is 72.3 Å². The van der Waals surface area contributed by atoms with Gasteiger partial charge in [0, 0.05) is 41.4 Å². The van der Waals surface area contributed by atoms with Gasteiger partial charge in [-0.2, -0.15) is 0 Å². The van der Waals surface area contributed by atoms with Gasteiger partial charge in [-0.1, -0.05) is 23.0 Å². The number of rotatable bonds is 4.